The highest BCUT2D eigenvalue weighted by atomic mass is 35.5. The predicted octanol–water partition coefficient (Wildman–Crippen LogP) is 4.83. The molecule has 0 bridgehead atoms. The Morgan fingerprint density at radius 1 is 1.05 bits per heavy atom. The van der Waals surface area contributed by atoms with E-state index in [-0.39, 0.29) is 0 Å². The zero-order chi connectivity index (χ0) is 14.8. The molecule has 0 amide bonds. The first-order valence-electron chi connectivity index (χ1n) is 6.31. The monoisotopic (exact) mass is 335 g/mol. The van der Waals surface area contributed by atoms with Crippen molar-refractivity contribution in [2.45, 2.75) is 6.42 Å². The van der Waals surface area contributed by atoms with Crippen LogP contribution < -0.4 is 0 Å². The second kappa shape index (κ2) is 6.02. The molecule has 1 aromatic heterocycles. The molecular formula is C15H11Cl2N3S. The molecule has 0 fully saturated rings. The molecule has 21 heavy (non-hydrogen) atoms. The molecule has 0 radical (unpaired) electrons. The maximum Gasteiger partial charge on any atom is 0.199 e. The first-order chi connectivity index (χ1) is 10.1. The number of hydrogen-bond acceptors (Lipinski definition) is 2. The third kappa shape index (κ3) is 3.02. The van der Waals surface area contributed by atoms with E-state index in [1.807, 2.05) is 28.8 Å². The van der Waals surface area contributed by atoms with Gasteiger partial charge >= 0.3 is 0 Å². The average molecular weight is 336 g/mol. The summed E-state index contributed by atoms with van der Waals surface area (Å²) in [5, 5.41) is 8.14. The van der Waals surface area contributed by atoms with Gasteiger partial charge in [0.25, 0.3) is 0 Å². The number of aromatic nitrogens is 3. The van der Waals surface area contributed by atoms with Crippen molar-refractivity contribution in [1.29, 1.82) is 0 Å². The maximum atomic E-state index is 6.09. The standard InChI is InChI=1S/C15H11Cl2N3S/c16-12-7-6-11(9-13(12)17)20-14(18-19-15(20)21)8-10-4-2-1-3-5-10/h1-7,9H,8H2,(H,19,21). The number of nitrogens with zero attached hydrogens (tertiary/aromatic N) is 2. The van der Waals surface area contributed by atoms with Crippen LogP contribution in [0, 0.1) is 4.77 Å². The summed E-state index contributed by atoms with van der Waals surface area (Å²) in [6.45, 7) is 0. The van der Waals surface area contributed by atoms with Gasteiger partial charge < -0.3 is 0 Å². The zero-order valence-electron chi connectivity index (χ0n) is 10.9. The number of aromatic amines is 1. The molecule has 1 N–H and O–H groups in total. The summed E-state index contributed by atoms with van der Waals surface area (Å²) in [5.74, 6) is 0.824. The minimum Gasteiger partial charge on any atom is -0.272 e. The Kier molecular flexibility index (Phi) is 4.10. The van der Waals surface area contributed by atoms with E-state index in [2.05, 4.69) is 22.3 Å². The highest BCUT2D eigenvalue weighted by Crippen LogP contribution is 2.25. The van der Waals surface area contributed by atoms with E-state index in [1.54, 1.807) is 12.1 Å². The number of benzene rings is 2. The highest BCUT2D eigenvalue weighted by molar-refractivity contribution is 7.71. The lowest BCUT2D eigenvalue weighted by molar-refractivity contribution is 0.902. The van der Waals surface area contributed by atoms with Crippen molar-refractivity contribution in [2.75, 3.05) is 0 Å². The van der Waals surface area contributed by atoms with Gasteiger partial charge in [0, 0.05) is 6.42 Å². The van der Waals surface area contributed by atoms with Gasteiger partial charge in [0.15, 0.2) is 4.77 Å². The molecule has 106 valence electrons. The van der Waals surface area contributed by atoms with Crippen LogP contribution in [0.25, 0.3) is 5.69 Å². The van der Waals surface area contributed by atoms with Crippen molar-refractivity contribution in [3.8, 4) is 5.69 Å². The van der Waals surface area contributed by atoms with Gasteiger partial charge in [0.1, 0.15) is 5.82 Å². The van der Waals surface area contributed by atoms with Gasteiger partial charge in [-0.15, -0.1) is 0 Å². The molecule has 2 aromatic carbocycles. The lowest BCUT2D eigenvalue weighted by atomic mass is 10.1. The highest BCUT2D eigenvalue weighted by Gasteiger charge is 2.10. The summed E-state index contributed by atoms with van der Waals surface area (Å²) in [7, 11) is 0. The third-order valence-corrected chi connectivity index (χ3v) is 4.12. The van der Waals surface area contributed by atoms with Crippen LogP contribution in [0.15, 0.2) is 48.5 Å². The van der Waals surface area contributed by atoms with Crippen LogP contribution in [-0.2, 0) is 6.42 Å². The van der Waals surface area contributed by atoms with Crippen LogP contribution in [0.3, 0.4) is 0 Å². The molecule has 3 aromatic rings. The Labute approximate surface area is 137 Å². The van der Waals surface area contributed by atoms with Crippen LogP contribution in [0.5, 0.6) is 0 Å². The van der Waals surface area contributed by atoms with Crippen LogP contribution >= 0.6 is 35.4 Å². The van der Waals surface area contributed by atoms with Gasteiger partial charge in [-0.3, -0.25) is 9.67 Å². The molecule has 0 aliphatic carbocycles. The molecule has 0 saturated heterocycles. The van der Waals surface area contributed by atoms with Gasteiger partial charge in [-0.1, -0.05) is 53.5 Å². The lowest BCUT2D eigenvalue weighted by Gasteiger charge is -2.08. The normalized spacial score (nSPS) is 10.8. The molecular weight excluding hydrogens is 325 g/mol. The molecule has 0 aliphatic heterocycles. The Balaban J connectivity index is 2.05. The van der Waals surface area contributed by atoms with Crippen LogP contribution in [0.2, 0.25) is 10.0 Å². The molecule has 0 spiro atoms. The quantitative estimate of drug-likeness (QED) is 0.695. The fraction of sp³-hybridized carbons (Fsp3) is 0.0667. The first kappa shape index (κ1) is 14.3. The molecule has 0 saturated carbocycles. The first-order valence-corrected chi connectivity index (χ1v) is 7.47. The molecule has 6 heteroatoms. The molecule has 0 atom stereocenters. The smallest absolute Gasteiger partial charge is 0.199 e. The van der Waals surface area contributed by atoms with Gasteiger partial charge in [-0.2, -0.15) is 5.10 Å². The summed E-state index contributed by atoms with van der Waals surface area (Å²) < 4.78 is 2.39. The molecule has 3 rings (SSSR count). The Morgan fingerprint density at radius 2 is 1.81 bits per heavy atom. The second-order valence-corrected chi connectivity index (χ2v) is 5.74. The fourth-order valence-electron chi connectivity index (χ4n) is 2.12. The van der Waals surface area contributed by atoms with Crippen molar-refractivity contribution < 1.29 is 0 Å². The Hall–Kier alpha value is -1.62. The SMILES string of the molecule is S=c1[nH]nc(Cc2ccccc2)n1-c1ccc(Cl)c(Cl)c1. The van der Waals surface area contributed by atoms with E-state index in [0.29, 0.717) is 21.2 Å². The van der Waals surface area contributed by atoms with Gasteiger partial charge in [-0.05, 0) is 36.0 Å². The fourth-order valence-corrected chi connectivity index (χ4v) is 2.67. The Bertz CT molecular complexity index is 824. The second-order valence-electron chi connectivity index (χ2n) is 4.54. The molecule has 1 heterocycles. The summed E-state index contributed by atoms with van der Waals surface area (Å²) in [6.07, 6.45) is 0.675. The topological polar surface area (TPSA) is 33.6 Å². The van der Waals surface area contributed by atoms with Crippen molar-refractivity contribution in [3.63, 3.8) is 0 Å². The van der Waals surface area contributed by atoms with Crippen LogP contribution in [0.4, 0.5) is 0 Å². The molecule has 0 unspecified atom stereocenters. The minimum atomic E-state index is 0.489. The number of nitrogens with one attached hydrogen (secondary N) is 1. The van der Waals surface area contributed by atoms with Crippen molar-refractivity contribution >= 4 is 35.4 Å². The van der Waals surface area contributed by atoms with Crippen molar-refractivity contribution in [3.05, 3.63) is 74.7 Å². The summed E-state index contributed by atoms with van der Waals surface area (Å²) in [5.41, 5.74) is 2.00. The summed E-state index contributed by atoms with van der Waals surface area (Å²) in [6, 6.07) is 15.5. The zero-order valence-corrected chi connectivity index (χ0v) is 13.2. The van der Waals surface area contributed by atoms with E-state index in [1.165, 1.54) is 0 Å². The van der Waals surface area contributed by atoms with Crippen LogP contribution in [0.1, 0.15) is 11.4 Å². The van der Waals surface area contributed by atoms with E-state index in [4.69, 9.17) is 35.4 Å². The average Bonchev–Trinajstić information content (AvgIpc) is 2.84. The third-order valence-electron chi connectivity index (χ3n) is 3.11. The predicted molar refractivity (Wildman–Crippen MR) is 88.0 cm³/mol. The van der Waals surface area contributed by atoms with Crippen molar-refractivity contribution in [2.24, 2.45) is 0 Å². The van der Waals surface area contributed by atoms with Crippen molar-refractivity contribution in [1.82, 2.24) is 14.8 Å². The van der Waals surface area contributed by atoms with Gasteiger partial charge in [-0.25, -0.2) is 0 Å². The number of H-pyrrole nitrogens is 1. The largest absolute Gasteiger partial charge is 0.272 e. The van der Waals surface area contributed by atoms with Gasteiger partial charge in [0.05, 0.1) is 15.7 Å². The molecule has 0 aliphatic rings. The minimum absolute atomic E-state index is 0.489. The van der Waals surface area contributed by atoms with E-state index in [9.17, 15) is 0 Å². The molecule has 3 nitrogen and oxygen atoms in total. The summed E-state index contributed by atoms with van der Waals surface area (Å²) >= 11 is 17.4. The van der Waals surface area contributed by atoms with Crippen LogP contribution in [-0.4, -0.2) is 14.8 Å². The number of rotatable bonds is 3. The number of hydrogen-bond donors (Lipinski definition) is 1. The van der Waals surface area contributed by atoms with E-state index < -0.39 is 0 Å². The van der Waals surface area contributed by atoms with Gasteiger partial charge in [0.2, 0.25) is 0 Å². The summed E-state index contributed by atoms with van der Waals surface area (Å²) in [4.78, 5) is 0. The maximum absolute atomic E-state index is 6.09. The lowest BCUT2D eigenvalue weighted by Crippen LogP contribution is -2.02. The number of halogens is 2. The van der Waals surface area contributed by atoms with E-state index >= 15 is 0 Å². The van der Waals surface area contributed by atoms with E-state index in [0.717, 1.165) is 17.1 Å². The Morgan fingerprint density at radius 3 is 2.52 bits per heavy atom.